The molecule has 0 spiro atoms. The van der Waals surface area contributed by atoms with Gasteiger partial charge in [0.25, 0.3) is 17.7 Å². The molecule has 33 heavy (non-hydrogen) atoms. The van der Waals surface area contributed by atoms with Gasteiger partial charge in [0.05, 0.1) is 30.0 Å². The molecule has 1 unspecified atom stereocenters. The van der Waals surface area contributed by atoms with Gasteiger partial charge in [0.15, 0.2) is 6.61 Å². The first-order valence-corrected chi connectivity index (χ1v) is 10.2. The topological polar surface area (TPSA) is 120 Å². The van der Waals surface area contributed by atoms with Crippen LogP contribution in [-0.4, -0.2) is 31.4 Å². The van der Waals surface area contributed by atoms with Gasteiger partial charge < -0.3 is 25.8 Å². The number of ether oxygens (including phenoxy) is 2. The second-order valence-corrected chi connectivity index (χ2v) is 7.21. The highest BCUT2D eigenvalue weighted by Crippen LogP contribution is 2.25. The Morgan fingerprint density at radius 2 is 1.64 bits per heavy atom. The summed E-state index contributed by atoms with van der Waals surface area (Å²) in [4.78, 5) is 37.0. The molecule has 8 heteroatoms. The molecule has 170 valence electrons. The number of hydrogen-bond acceptors (Lipinski definition) is 5. The average Bonchev–Trinajstić information content (AvgIpc) is 2.83. The summed E-state index contributed by atoms with van der Waals surface area (Å²) in [7, 11) is 1.47. The number of primary amides is 1. The molecule has 0 fully saturated rings. The Hall–Kier alpha value is -4.33. The van der Waals surface area contributed by atoms with Crippen molar-refractivity contribution in [2.24, 2.45) is 5.73 Å². The van der Waals surface area contributed by atoms with Crippen molar-refractivity contribution < 1.29 is 23.9 Å². The molecule has 0 saturated heterocycles. The third-order valence-corrected chi connectivity index (χ3v) is 4.91. The molecule has 3 aromatic rings. The number of anilines is 1. The number of rotatable bonds is 9. The normalized spacial score (nSPS) is 11.2. The van der Waals surface area contributed by atoms with Crippen LogP contribution in [0.5, 0.6) is 11.5 Å². The zero-order chi connectivity index (χ0) is 23.8. The van der Waals surface area contributed by atoms with Crippen LogP contribution in [0, 0.1) is 0 Å². The summed E-state index contributed by atoms with van der Waals surface area (Å²) in [6.07, 6.45) is 0. The lowest BCUT2D eigenvalue weighted by Crippen LogP contribution is -2.28. The highest BCUT2D eigenvalue weighted by molar-refractivity contribution is 6.04. The third kappa shape index (κ3) is 6.10. The van der Waals surface area contributed by atoms with Crippen LogP contribution in [0.3, 0.4) is 0 Å². The number of benzene rings is 3. The van der Waals surface area contributed by atoms with Gasteiger partial charge in [0, 0.05) is 6.07 Å². The van der Waals surface area contributed by atoms with Crippen LogP contribution >= 0.6 is 0 Å². The molecule has 4 N–H and O–H groups in total. The molecule has 3 aromatic carbocycles. The van der Waals surface area contributed by atoms with Gasteiger partial charge in [-0.1, -0.05) is 42.5 Å². The van der Waals surface area contributed by atoms with E-state index in [1.54, 1.807) is 30.3 Å². The average molecular weight is 447 g/mol. The maximum absolute atomic E-state index is 12.8. The fourth-order valence-electron chi connectivity index (χ4n) is 3.17. The van der Waals surface area contributed by atoms with E-state index in [1.807, 2.05) is 37.3 Å². The summed E-state index contributed by atoms with van der Waals surface area (Å²) < 4.78 is 10.6. The van der Waals surface area contributed by atoms with E-state index in [0.29, 0.717) is 17.0 Å². The fourth-order valence-corrected chi connectivity index (χ4v) is 3.17. The number of para-hydroxylation sites is 1. The van der Waals surface area contributed by atoms with Gasteiger partial charge >= 0.3 is 0 Å². The first-order chi connectivity index (χ1) is 15.9. The molecule has 1 atom stereocenters. The molecular formula is C25H25N3O5. The second kappa shape index (κ2) is 10.8. The highest BCUT2D eigenvalue weighted by atomic mass is 16.5. The Bertz CT molecular complexity index is 1150. The van der Waals surface area contributed by atoms with Crippen LogP contribution in [-0.2, 0) is 4.79 Å². The van der Waals surface area contributed by atoms with Crippen LogP contribution in [0.15, 0.2) is 72.8 Å². The van der Waals surface area contributed by atoms with E-state index >= 15 is 0 Å². The summed E-state index contributed by atoms with van der Waals surface area (Å²) in [5.74, 6) is -0.955. The van der Waals surface area contributed by atoms with Crippen LogP contribution < -0.4 is 25.8 Å². The van der Waals surface area contributed by atoms with E-state index in [-0.39, 0.29) is 23.3 Å². The highest BCUT2D eigenvalue weighted by Gasteiger charge is 2.17. The van der Waals surface area contributed by atoms with Crippen molar-refractivity contribution >= 4 is 23.4 Å². The van der Waals surface area contributed by atoms with Crippen LogP contribution in [0.2, 0.25) is 0 Å². The van der Waals surface area contributed by atoms with Crippen molar-refractivity contribution in [2.45, 2.75) is 13.0 Å². The smallest absolute Gasteiger partial charge is 0.262 e. The zero-order valence-electron chi connectivity index (χ0n) is 18.3. The minimum Gasteiger partial charge on any atom is -0.497 e. The van der Waals surface area contributed by atoms with Gasteiger partial charge in [-0.05, 0) is 36.8 Å². The molecule has 0 aliphatic carbocycles. The summed E-state index contributed by atoms with van der Waals surface area (Å²) in [5, 5.41) is 5.61. The molecule has 0 bridgehead atoms. The van der Waals surface area contributed by atoms with Crippen LogP contribution in [0.4, 0.5) is 5.69 Å². The van der Waals surface area contributed by atoms with Gasteiger partial charge in [-0.15, -0.1) is 0 Å². The molecule has 8 nitrogen and oxygen atoms in total. The molecule has 3 amide bonds. The molecule has 3 rings (SSSR count). The van der Waals surface area contributed by atoms with Crippen molar-refractivity contribution in [1.29, 1.82) is 0 Å². The molecule has 0 aromatic heterocycles. The minimum atomic E-state index is -0.692. The first-order valence-electron chi connectivity index (χ1n) is 10.2. The van der Waals surface area contributed by atoms with Gasteiger partial charge in [-0.2, -0.15) is 0 Å². The zero-order valence-corrected chi connectivity index (χ0v) is 18.3. The van der Waals surface area contributed by atoms with E-state index in [9.17, 15) is 14.4 Å². The van der Waals surface area contributed by atoms with Crippen LogP contribution in [0.25, 0.3) is 0 Å². The van der Waals surface area contributed by atoms with E-state index in [0.717, 1.165) is 5.56 Å². The Balaban J connectivity index is 1.68. The Morgan fingerprint density at radius 1 is 0.939 bits per heavy atom. The number of methoxy groups -OCH3 is 1. The number of amides is 3. The standard InChI is InChI=1S/C25H25N3O5/c1-16(17-8-4-3-5-9-17)27-25(31)19-10-6-7-11-21(19)28-23(29)15-33-22-14-18(32-2)12-13-20(22)24(26)30/h3-14,16H,15H2,1-2H3,(H2,26,30)(H,27,31)(H,28,29). The number of nitrogens with two attached hydrogens (primary N) is 1. The second-order valence-electron chi connectivity index (χ2n) is 7.21. The predicted octanol–water partition coefficient (Wildman–Crippen LogP) is 3.30. The third-order valence-electron chi connectivity index (χ3n) is 4.91. The molecule has 0 saturated carbocycles. The lowest BCUT2D eigenvalue weighted by Gasteiger charge is -2.16. The number of nitrogens with one attached hydrogen (secondary N) is 2. The molecule has 0 aliphatic rings. The summed E-state index contributed by atoms with van der Waals surface area (Å²) in [5.41, 5.74) is 7.10. The molecular weight excluding hydrogens is 422 g/mol. The van der Waals surface area contributed by atoms with E-state index in [1.165, 1.54) is 19.2 Å². The maximum Gasteiger partial charge on any atom is 0.262 e. The Morgan fingerprint density at radius 3 is 2.33 bits per heavy atom. The fraction of sp³-hybridized carbons (Fsp3) is 0.160. The molecule has 0 aliphatic heterocycles. The van der Waals surface area contributed by atoms with E-state index in [2.05, 4.69) is 10.6 Å². The van der Waals surface area contributed by atoms with E-state index < -0.39 is 18.4 Å². The predicted molar refractivity (Wildman–Crippen MR) is 124 cm³/mol. The Kier molecular flexibility index (Phi) is 7.64. The lowest BCUT2D eigenvalue weighted by atomic mass is 10.1. The lowest BCUT2D eigenvalue weighted by molar-refractivity contribution is -0.118. The van der Waals surface area contributed by atoms with Gasteiger partial charge in [-0.3, -0.25) is 14.4 Å². The van der Waals surface area contributed by atoms with Crippen molar-refractivity contribution in [2.75, 3.05) is 19.0 Å². The van der Waals surface area contributed by atoms with Crippen molar-refractivity contribution in [3.8, 4) is 11.5 Å². The number of hydrogen-bond donors (Lipinski definition) is 3. The quantitative estimate of drug-likeness (QED) is 0.465. The van der Waals surface area contributed by atoms with Gasteiger partial charge in [0.2, 0.25) is 0 Å². The Labute approximate surface area is 191 Å². The first kappa shape index (κ1) is 23.3. The number of carbonyl (C=O) groups excluding carboxylic acids is 3. The van der Waals surface area contributed by atoms with Crippen molar-refractivity contribution in [3.63, 3.8) is 0 Å². The molecule has 0 radical (unpaired) electrons. The number of carbonyl (C=O) groups is 3. The SMILES string of the molecule is COc1ccc(C(N)=O)c(OCC(=O)Nc2ccccc2C(=O)NC(C)c2ccccc2)c1. The van der Waals surface area contributed by atoms with E-state index in [4.69, 9.17) is 15.2 Å². The van der Waals surface area contributed by atoms with Crippen LogP contribution in [0.1, 0.15) is 39.2 Å². The minimum absolute atomic E-state index is 0.123. The molecule has 0 heterocycles. The largest absolute Gasteiger partial charge is 0.497 e. The summed E-state index contributed by atoms with van der Waals surface area (Å²) in [6.45, 7) is 1.48. The summed E-state index contributed by atoms with van der Waals surface area (Å²) >= 11 is 0. The summed E-state index contributed by atoms with van der Waals surface area (Å²) in [6, 6.07) is 20.5. The van der Waals surface area contributed by atoms with Gasteiger partial charge in [-0.25, -0.2) is 0 Å². The van der Waals surface area contributed by atoms with Gasteiger partial charge in [0.1, 0.15) is 11.5 Å². The van der Waals surface area contributed by atoms with Crippen molar-refractivity contribution in [1.82, 2.24) is 5.32 Å². The van der Waals surface area contributed by atoms with Crippen molar-refractivity contribution in [3.05, 3.63) is 89.5 Å². The maximum atomic E-state index is 12.8. The monoisotopic (exact) mass is 447 g/mol.